The lowest BCUT2D eigenvalue weighted by Crippen LogP contribution is -2.06. The van der Waals surface area contributed by atoms with E-state index in [1.807, 2.05) is 25.1 Å². The maximum atomic E-state index is 5.47. The van der Waals surface area contributed by atoms with Gasteiger partial charge in [-0.15, -0.1) is 0 Å². The fourth-order valence-electron chi connectivity index (χ4n) is 1.92. The van der Waals surface area contributed by atoms with Gasteiger partial charge in [-0.3, -0.25) is 0 Å². The number of nitrogens with one attached hydrogen (secondary N) is 1. The lowest BCUT2D eigenvalue weighted by atomic mass is 10.0. The summed E-state index contributed by atoms with van der Waals surface area (Å²) in [7, 11) is 0. The Morgan fingerprint density at radius 2 is 2.44 bits per heavy atom. The van der Waals surface area contributed by atoms with Crippen molar-refractivity contribution < 1.29 is 9.26 Å². The van der Waals surface area contributed by atoms with Crippen LogP contribution in [0, 0.1) is 0 Å². The molecule has 0 saturated heterocycles. The van der Waals surface area contributed by atoms with Crippen molar-refractivity contribution in [3.63, 3.8) is 0 Å². The molecule has 4 heteroatoms. The van der Waals surface area contributed by atoms with Gasteiger partial charge < -0.3 is 14.6 Å². The van der Waals surface area contributed by atoms with Crippen LogP contribution in [0.3, 0.4) is 0 Å². The highest BCUT2D eigenvalue weighted by Gasteiger charge is 2.20. The maximum absolute atomic E-state index is 5.47. The van der Waals surface area contributed by atoms with Crippen molar-refractivity contribution in [1.82, 2.24) is 5.16 Å². The molecule has 82 valence electrons. The van der Waals surface area contributed by atoms with Crippen molar-refractivity contribution in [2.24, 2.45) is 0 Å². The Bertz CT molecular complexity index is 519. The third-order valence-electron chi connectivity index (χ3n) is 2.66. The van der Waals surface area contributed by atoms with Crippen molar-refractivity contribution in [3.8, 4) is 17.1 Å². The minimum atomic E-state index is 0.662. The summed E-state index contributed by atoms with van der Waals surface area (Å²) in [6, 6.07) is 5.94. The largest absolute Gasteiger partial charge is 0.494 e. The Balaban J connectivity index is 2.11. The lowest BCUT2D eigenvalue weighted by Gasteiger charge is -2.17. The van der Waals surface area contributed by atoms with E-state index in [4.69, 9.17) is 9.26 Å². The number of hydrogen-bond donors (Lipinski definition) is 1. The molecule has 0 spiro atoms. The molecule has 1 aliphatic rings. The third-order valence-corrected chi connectivity index (χ3v) is 2.66. The zero-order chi connectivity index (χ0) is 11.0. The van der Waals surface area contributed by atoms with Crippen LogP contribution in [-0.4, -0.2) is 11.8 Å². The first-order chi connectivity index (χ1) is 7.88. The van der Waals surface area contributed by atoms with Crippen molar-refractivity contribution in [3.05, 3.63) is 30.0 Å². The molecule has 0 unspecified atom stereocenters. The number of hydrogen-bond acceptors (Lipinski definition) is 4. The zero-order valence-electron chi connectivity index (χ0n) is 8.99. The highest BCUT2D eigenvalue weighted by atomic mass is 16.5. The van der Waals surface area contributed by atoms with Crippen molar-refractivity contribution in [1.29, 1.82) is 0 Å². The standard InChI is InChI=1S/C12H12N2O2/c1-2-15-9-3-4-11-10(5-9)12-8(6-13-11)7-14-16-12/h3-5,7,13H,2,6H2,1H3. The normalized spacial score (nSPS) is 12.6. The summed E-state index contributed by atoms with van der Waals surface area (Å²) in [6.07, 6.45) is 1.75. The Kier molecular flexibility index (Phi) is 2.06. The molecule has 1 N–H and O–H groups in total. The summed E-state index contributed by atoms with van der Waals surface area (Å²) >= 11 is 0. The third kappa shape index (κ3) is 1.34. The van der Waals surface area contributed by atoms with Gasteiger partial charge in [-0.25, -0.2) is 0 Å². The van der Waals surface area contributed by atoms with E-state index in [-0.39, 0.29) is 0 Å². The van der Waals surface area contributed by atoms with E-state index in [9.17, 15) is 0 Å². The summed E-state index contributed by atoms with van der Waals surface area (Å²) < 4.78 is 10.7. The first-order valence-corrected chi connectivity index (χ1v) is 5.33. The quantitative estimate of drug-likeness (QED) is 0.838. The predicted octanol–water partition coefficient (Wildman–Crippen LogP) is 2.67. The summed E-state index contributed by atoms with van der Waals surface area (Å²) in [6.45, 7) is 3.40. The number of fused-ring (bicyclic) bond motifs is 3. The van der Waals surface area contributed by atoms with Crippen LogP contribution in [0.5, 0.6) is 5.75 Å². The molecule has 2 heterocycles. The number of benzene rings is 1. The summed E-state index contributed by atoms with van der Waals surface area (Å²) in [5.41, 5.74) is 3.17. The smallest absolute Gasteiger partial charge is 0.174 e. The van der Waals surface area contributed by atoms with E-state index < -0.39 is 0 Å². The van der Waals surface area contributed by atoms with Crippen LogP contribution in [0.2, 0.25) is 0 Å². The maximum Gasteiger partial charge on any atom is 0.174 e. The van der Waals surface area contributed by atoms with Crippen molar-refractivity contribution >= 4 is 5.69 Å². The molecule has 16 heavy (non-hydrogen) atoms. The minimum Gasteiger partial charge on any atom is -0.494 e. The van der Waals surface area contributed by atoms with Gasteiger partial charge in [0.2, 0.25) is 0 Å². The highest BCUT2D eigenvalue weighted by molar-refractivity contribution is 5.80. The lowest BCUT2D eigenvalue weighted by molar-refractivity contribution is 0.340. The average Bonchev–Trinajstić information content (AvgIpc) is 2.78. The Morgan fingerprint density at radius 1 is 1.50 bits per heavy atom. The first kappa shape index (κ1) is 9.27. The number of nitrogens with zero attached hydrogens (tertiary/aromatic N) is 1. The zero-order valence-corrected chi connectivity index (χ0v) is 8.99. The molecule has 0 bridgehead atoms. The number of ether oxygens (including phenoxy) is 1. The molecule has 0 fully saturated rings. The molecule has 0 atom stereocenters. The molecule has 0 radical (unpaired) electrons. The minimum absolute atomic E-state index is 0.662. The molecular formula is C12H12N2O2. The average molecular weight is 216 g/mol. The monoisotopic (exact) mass is 216 g/mol. The fourth-order valence-corrected chi connectivity index (χ4v) is 1.92. The van der Waals surface area contributed by atoms with E-state index in [1.165, 1.54) is 0 Å². The van der Waals surface area contributed by atoms with E-state index in [0.29, 0.717) is 6.61 Å². The van der Waals surface area contributed by atoms with Gasteiger partial charge in [0, 0.05) is 23.4 Å². The Labute approximate surface area is 93.2 Å². The highest BCUT2D eigenvalue weighted by Crippen LogP contribution is 2.37. The van der Waals surface area contributed by atoms with Crippen LogP contribution in [-0.2, 0) is 6.54 Å². The van der Waals surface area contributed by atoms with Crippen LogP contribution in [0.4, 0.5) is 5.69 Å². The van der Waals surface area contributed by atoms with Gasteiger partial charge in [-0.1, -0.05) is 5.16 Å². The van der Waals surface area contributed by atoms with Gasteiger partial charge >= 0.3 is 0 Å². The summed E-state index contributed by atoms with van der Waals surface area (Å²) in [4.78, 5) is 0. The fraction of sp³-hybridized carbons (Fsp3) is 0.250. The van der Waals surface area contributed by atoms with Gasteiger partial charge in [0.15, 0.2) is 5.76 Å². The van der Waals surface area contributed by atoms with Gasteiger partial charge in [0.1, 0.15) is 5.75 Å². The van der Waals surface area contributed by atoms with Gasteiger partial charge in [-0.05, 0) is 25.1 Å². The van der Waals surface area contributed by atoms with Gasteiger partial charge in [-0.2, -0.15) is 0 Å². The van der Waals surface area contributed by atoms with E-state index in [2.05, 4.69) is 10.5 Å². The van der Waals surface area contributed by atoms with Gasteiger partial charge in [0.05, 0.1) is 12.8 Å². The SMILES string of the molecule is CCOc1ccc2c(c1)-c1oncc1CN2. The van der Waals surface area contributed by atoms with Gasteiger partial charge in [0.25, 0.3) is 0 Å². The van der Waals surface area contributed by atoms with E-state index in [1.54, 1.807) is 6.20 Å². The predicted molar refractivity (Wildman–Crippen MR) is 60.4 cm³/mol. The second-order valence-corrected chi connectivity index (χ2v) is 3.67. The molecule has 1 aliphatic heterocycles. The van der Waals surface area contributed by atoms with Crippen molar-refractivity contribution in [2.75, 3.05) is 11.9 Å². The van der Waals surface area contributed by atoms with E-state index >= 15 is 0 Å². The molecule has 4 nitrogen and oxygen atoms in total. The summed E-state index contributed by atoms with van der Waals surface area (Å²) in [5, 5.41) is 7.14. The number of aromatic nitrogens is 1. The second kappa shape index (κ2) is 3.56. The molecule has 0 saturated carbocycles. The van der Waals surface area contributed by atoms with Crippen LogP contribution in [0.15, 0.2) is 28.9 Å². The Morgan fingerprint density at radius 3 is 3.31 bits per heavy atom. The van der Waals surface area contributed by atoms with Crippen molar-refractivity contribution in [2.45, 2.75) is 13.5 Å². The first-order valence-electron chi connectivity index (χ1n) is 5.33. The molecule has 3 rings (SSSR count). The van der Waals surface area contributed by atoms with Crippen LogP contribution in [0.1, 0.15) is 12.5 Å². The number of rotatable bonds is 2. The molecule has 1 aromatic heterocycles. The van der Waals surface area contributed by atoms with Crippen LogP contribution in [0.25, 0.3) is 11.3 Å². The summed E-state index contributed by atoms with van der Waals surface area (Å²) in [5.74, 6) is 1.70. The van der Waals surface area contributed by atoms with Crippen LogP contribution < -0.4 is 10.1 Å². The molecular weight excluding hydrogens is 204 g/mol. The topological polar surface area (TPSA) is 47.3 Å². The molecule has 2 aromatic rings. The molecule has 1 aromatic carbocycles. The second-order valence-electron chi connectivity index (χ2n) is 3.67. The van der Waals surface area contributed by atoms with Crippen LogP contribution >= 0.6 is 0 Å². The number of anilines is 1. The molecule has 0 amide bonds. The Hall–Kier alpha value is -1.97. The molecule has 0 aliphatic carbocycles. The van der Waals surface area contributed by atoms with E-state index in [0.717, 1.165) is 34.9 Å².